The predicted octanol–water partition coefficient (Wildman–Crippen LogP) is 2.38. The van der Waals surface area contributed by atoms with E-state index in [2.05, 4.69) is 26.1 Å². The van der Waals surface area contributed by atoms with Gasteiger partial charge in [0.2, 0.25) is 0 Å². The number of hydrogen-bond acceptors (Lipinski definition) is 2. The second-order valence-electron chi connectivity index (χ2n) is 4.69. The van der Waals surface area contributed by atoms with Crippen molar-refractivity contribution in [1.82, 2.24) is 5.32 Å². The lowest BCUT2D eigenvalue weighted by Crippen LogP contribution is -2.39. The smallest absolute Gasteiger partial charge is 0.149 e. The first-order valence-electron chi connectivity index (χ1n) is 5.16. The third-order valence-corrected chi connectivity index (χ3v) is 2.00. The number of carbonyl (C=O) groups is 1. The lowest BCUT2D eigenvalue weighted by molar-refractivity contribution is -0.121. The molecule has 2 heteroatoms. The van der Waals surface area contributed by atoms with Crippen LogP contribution in [-0.2, 0) is 4.79 Å². The van der Waals surface area contributed by atoms with Gasteiger partial charge in [-0.15, -0.1) is 0 Å². The molecule has 0 saturated carbocycles. The minimum absolute atomic E-state index is 0.0509. The number of hydrogen-bond donors (Lipinski definition) is 1. The fraction of sp³-hybridized carbons (Fsp3) is 0.909. The van der Waals surface area contributed by atoms with Crippen LogP contribution in [0.15, 0.2) is 0 Å². The Balaban J connectivity index is 4.17. The molecule has 0 aromatic rings. The molecule has 0 aromatic carbocycles. The van der Waals surface area contributed by atoms with Gasteiger partial charge >= 0.3 is 0 Å². The Morgan fingerprint density at radius 1 is 1.31 bits per heavy atom. The molecule has 0 spiro atoms. The molecule has 0 amide bonds. The largest absolute Gasteiger partial charge is 0.308 e. The summed E-state index contributed by atoms with van der Waals surface area (Å²) in [6.45, 7) is 11.3. The van der Waals surface area contributed by atoms with Crippen molar-refractivity contribution >= 4 is 5.78 Å². The van der Waals surface area contributed by atoms with E-state index in [4.69, 9.17) is 0 Å². The molecule has 0 fully saturated rings. The normalized spacial score (nSPS) is 14.2. The molecule has 0 aliphatic carbocycles. The zero-order valence-corrected chi connectivity index (χ0v) is 9.61. The van der Waals surface area contributed by atoms with Crippen molar-refractivity contribution in [3.8, 4) is 0 Å². The van der Waals surface area contributed by atoms with Crippen molar-refractivity contribution in [2.45, 2.75) is 53.5 Å². The van der Waals surface area contributed by atoms with Gasteiger partial charge in [-0.1, -0.05) is 34.6 Å². The van der Waals surface area contributed by atoms with E-state index in [0.717, 1.165) is 13.0 Å². The monoisotopic (exact) mass is 185 g/mol. The van der Waals surface area contributed by atoms with Gasteiger partial charge in [-0.2, -0.15) is 0 Å². The molecule has 0 unspecified atom stereocenters. The average Bonchev–Trinajstić information content (AvgIpc) is 2.00. The highest BCUT2D eigenvalue weighted by molar-refractivity contribution is 5.83. The number of ketones is 1. The molecule has 1 atom stereocenters. The molecule has 0 radical (unpaired) electrons. The minimum atomic E-state index is 0.0509. The van der Waals surface area contributed by atoms with E-state index in [1.807, 2.05) is 13.8 Å². The van der Waals surface area contributed by atoms with Gasteiger partial charge in [0, 0.05) is 6.42 Å². The molecule has 0 aliphatic rings. The molecule has 78 valence electrons. The summed E-state index contributed by atoms with van der Waals surface area (Å²) in [6.07, 6.45) is 1.56. The van der Waals surface area contributed by atoms with E-state index in [1.165, 1.54) is 0 Å². The number of rotatable bonds is 5. The average molecular weight is 185 g/mol. The summed E-state index contributed by atoms with van der Waals surface area (Å²) in [5, 5.41) is 3.24. The quantitative estimate of drug-likeness (QED) is 0.712. The minimum Gasteiger partial charge on any atom is -0.308 e. The van der Waals surface area contributed by atoms with Crippen LogP contribution in [0.25, 0.3) is 0 Å². The second kappa shape index (κ2) is 5.38. The molecule has 0 aliphatic heterocycles. The zero-order valence-electron chi connectivity index (χ0n) is 9.61. The lowest BCUT2D eigenvalue weighted by atomic mass is 9.86. The van der Waals surface area contributed by atoms with Crippen molar-refractivity contribution in [3.63, 3.8) is 0 Å². The Bertz CT molecular complexity index is 158. The van der Waals surface area contributed by atoms with Crippen molar-refractivity contribution in [2.75, 3.05) is 6.54 Å². The molecule has 1 N–H and O–H groups in total. The molecule has 0 bridgehead atoms. The third kappa shape index (κ3) is 5.81. The van der Waals surface area contributed by atoms with Crippen molar-refractivity contribution < 1.29 is 4.79 Å². The fourth-order valence-corrected chi connectivity index (χ4v) is 1.41. The summed E-state index contributed by atoms with van der Waals surface area (Å²) in [6, 6.07) is 0.0509. The Morgan fingerprint density at radius 3 is 2.15 bits per heavy atom. The van der Waals surface area contributed by atoms with Gasteiger partial charge < -0.3 is 5.32 Å². The van der Waals surface area contributed by atoms with Crippen LogP contribution >= 0.6 is 0 Å². The van der Waals surface area contributed by atoms with Gasteiger partial charge in [0.25, 0.3) is 0 Å². The molecule has 0 aromatic heterocycles. The molecular formula is C11H23NO. The van der Waals surface area contributed by atoms with Crippen LogP contribution in [-0.4, -0.2) is 18.4 Å². The summed E-state index contributed by atoms with van der Waals surface area (Å²) in [5.41, 5.74) is 0.220. The van der Waals surface area contributed by atoms with Gasteiger partial charge in [0.15, 0.2) is 0 Å². The van der Waals surface area contributed by atoms with Gasteiger partial charge in [-0.25, -0.2) is 0 Å². The first-order chi connectivity index (χ1) is 5.90. The Hall–Kier alpha value is -0.370. The maximum atomic E-state index is 11.5. The molecule has 0 saturated heterocycles. The van der Waals surface area contributed by atoms with Crippen molar-refractivity contribution in [2.24, 2.45) is 5.41 Å². The van der Waals surface area contributed by atoms with Crippen LogP contribution in [0.4, 0.5) is 0 Å². The first-order valence-corrected chi connectivity index (χ1v) is 5.16. The molecule has 0 heterocycles. The summed E-state index contributed by atoms with van der Waals surface area (Å²) < 4.78 is 0. The highest BCUT2D eigenvalue weighted by Gasteiger charge is 2.22. The van der Waals surface area contributed by atoms with Gasteiger partial charge in [0.1, 0.15) is 5.78 Å². The van der Waals surface area contributed by atoms with Crippen LogP contribution in [0, 0.1) is 5.41 Å². The van der Waals surface area contributed by atoms with Gasteiger partial charge in [-0.05, 0) is 18.4 Å². The number of likely N-dealkylation sites (N-methyl/N-ethyl adjacent to an activating group) is 1. The van der Waals surface area contributed by atoms with E-state index in [0.29, 0.717) is 12.2 Å². The van der Waals surface area contributed by atoms with E-state index in [-0.39, 0.29) is 11.5 Å². The standard InChI is InChI=1S/C11H23NO/c1-6-10(13)9(12-7-2)8-11(3,4)5/h9,12H,6-8H2,1-5H3/t9-/m0/s1. The molecule has 2 nitrogen and oxygen atoms in total. The summed E-state index contributed by atoms with van der Waals surface area (Å²) in [5.74, 6) is 0.330. The number of Topliss-reactive ketones (excluding diaryl/α,β-unsaturated/α-hetero) is 1. The van der Waals surface area contributed by atoms with Crippen LogP contribution < -0.4 is 5.32 Å². The second-order valence-corrected chi connectivity index (χ2v) is 4.69. The van der Waals surface area contributed by atoms with Crippen LogP contribution in [0.2, 0.25) is 0 Å². The number of nitrogens with one attached hydrogen (secondary N) is 1. The van der Waals surface area contributed by atoms with Crippen LogP contribution in [0.3, 0.4) is 0 Å². The molecular weight excluding hydrogens is 162 g/mol. The predicted molar refractivity (Wildman–Crippen MR) is 56.8 cm³/mol. The fourth-order valence-electron chi connectivity index (χ4n) is 1.41. The van der Waals surface area contributed by atoms with Gasteiger partial charge in [0.05, 0.1) is 6.04 Å². The van der Waals surface area contributed by atoms with E-state index >= 15 is 0 Å². The van der Waals surface area contributed by atoms with Crippen LogP contribution in [0.5, 0.6) is 0 Å². The Morgan fingerprint density at radius 2 is 1.85 bits per heavy atom. The van der Waals surface area contributed by atoms with Crippen LogP contribution in [0.1, 0.15) is 47.5 Å². The topological polar surface area (TPSA) is 29.1 Å². The van der Waals surface area contributed by atoms with Crippen molar-refractivity contribution in [1.29, 1.82) is 0 Å². The third-order valence-electron chi connectivity index (χ3n) is 2.00. The SMILES string of the molecule is CCN[C@@H](CC(C)(C)C)C(=O)CC. The van der Waals surface area contributed by atoms with Gasteiger partial charge in [-0.3, -0.25) is 4.79 Å². The van der Waals surface area contributed by atoms with Crippen molar-refractivity contribution in [3.05, 3.63) is 0 Å². The summed E-state index contributed by atoms with van der Waals surface area (Å²) >= 11 is 0. The Kier molecular flexibility index (Phi) is 5.23. The maximum Gasteiger partial charge on any atom is 0.149 e. The first kappa shape index (κ1) is 12.6. The molecule has 0 rings (SSSR count). The van der Waals surface area contributed by atoms with E-state index < -0.39 is 0 Å². The highest BCUT2D eigenvalue weighted by Crippen LogP contribution is 2.21. The lowest BCUT2D eigenvalue weighted by Gasteiger charge is -2.25. The summed E-state index contributed by atoms with van der Waals surface area (Å²) in [4.78, 5) is 11.5. The highest BCUT2D eigenvalue weighted by atomic mass is 16.1. The molecule has 13 heavy (non-hydrogen) atoms. The number of carbonyl (C=O) groups excluding carboxylic acids is 1. The summed E-state index contributed by atoms with van der Waals surface area (Å²) in [7, 11) is 0. The van der Waals surface area contributed by atoms with E-state index in [9.17, 15) is 4.79 Å². The van der Waals surface area contributed by atoms with E-state index in [1.54, 1.807) is 0 Å². The maximum absolute atomic E-state index is 11.5. The zero-order chi connectivity index (χ0) is 10.5. The Labute approximate surface area is 82.1 Å².